The molecule has 1 N–H and O–H groups in total. The second-order valence-electron chi connectivity index (χ2n) is 9.01. The average molecular weight is 475 g/mol. The minimum atomic E-state index is -0.151. The SMILES string of the molecule is COc1ccc(CCn2nc(C(=O)NC3CC3)c3c2CCN(C(=O)COc2ccccc2)C3)cc1. The van der Waals surface area contributed by atoms with Crippen LogP contribution in [0.4, 0.5) is 0 Å². The molecule has 0 saturated heterocycles. The molecular weight excluding hydrogens is 444 g/mol. The van der Waals surface area contributed by atoms with Crippen LogP contribution >= 0.6 is 0 Å². The van der Waals surface area contributed by atoms with Crippen LogP contribution in [0.1, 0.15) is 40.2 Å². The lowest BCUT2D eigenvalue weighted by Crippen LogP contribution is -2.39. The van der Waals surface area contributed by atoms with E-state index in [0.717, 1.165) is 36.3 Å². The van der Waals surface area contributed by atoms with Gasteiger partial charge in [0.15, 0.2) is 12.3 Å². The molecule has 35 heavy (non-hydrogen) atoms. The van der Waals surface area contributed by atoms with E-state index in [1.54, 1.807) is 12.0 Å². The highest BCUT2D eigenvalue weighted by Gasteiger charge is 2.32. The summed E-state index contributed by atoms with van der Waals surface area (Å²) in [7, 11) is 1.65. The first-order chi connectivity index (χ1) is 17.1. The molecule has 0 bridgehead atoms. The number of carbonyl (C=O) groups excluding carboxylic acids is 2. The Hall–Kier alpha value is -3.81. The molecule has 0 atom stereocenters. The van der Waals surface area contributed by atoms with Gasteiger partial charge in [0.2, 0.25) is 0 Å². The van der Waals surface area contributed by atoms with E-state index in [1.807, 2.05) is 59.3 Å². The molecule has 0 spiro atoms. The summed E-state index contributed by atoms with van der Waals surface area (Å²) in [5, 5.41) is 7.77. The van der Waals surface area contributed by atoms with Gasteiger partial charge in [-0.1, -0.05) is 30.3 Å². The van der Waals surface area contributed by atoms with Crippen LogP contribution in [-0.2, 0) is 30.7 Å². The number of benzene rings is 2. The summed E-state index contributed by atoms with van der Waals surface area (Å²) in [6.07, 6.45) is 3.45. The smallest absolute Gasteiger partial charge is 0.272 e. The molecule has 1 fully saturated rings. The van der Waals surface area contributed by atoms with Gasteiger partial charge in [-0.25, -0.2) is 0 Å². The standard InChI is InChI=1S/C27H30N4O4/c1-34-21-11-7-19(8-12-21)13-16-31-24-14-15-30(25(32)18-35-22-5-3-2-4-6-22)17-23(24)26(29-31)27(33)28-20-9-10-20/h2-8,11-12,20H,9-10,13-18H2,1H3,(H,28,33). The van der Waals surface area contributed by atoms with E-state index < -0.39 is 0 Å². The quantitative estimate of drug-likeness (QED) is 0.515. The number of nitrogens with zero attached hydrogens (tertiary/aromatic N) is 3. The highest BCUT2D eigenvalue weighted by atomic mass is 16.5. The van der Waals surface area contributed by atoms with Crippen LogP contribution < -0.4 is 14.8 Å². The van der Waals surface area contributed by atoms with Gasteiger partial charge in [0, 0.05) is 43.4 Å². The third-order valence-electron chi connectivity index (χ3n) is 6.49. The van der Waals surface area contributed by atoms with Crippen LogP contribution in [0, 0.1) is 0 Å². The van der Waals surface area contributed by atoms with Crippen molar-refractivity contribution < 1.29 is 19.1 Å². The van der Waals surface area contributed by atoms with E-state index >= 15 is 0 Å². The molecule has 1 aromatic heterocycles. The van der Waals surface area contributed by atoms with Crippen molar-refractivity contribution >= 4 is 11.8 Å². The van der Waals surface area contributed by atoms with Gasteiger partial charge in [0.25, 0.3) is 11.8 Å². The molecule has 0 unspecified atom stereocenters. The molecule has 2 aromatic carbocycles. The lowest BCUT2D eigenvalue weighted by atomic mass is 10.0. The second-order valence-corrected chi connectivity index (χ2v) is 9.01. The van der Waals surface area contributed by atoms with Crippen LogP contribution in [0.5, 0.6) is 11.5 Å². The van der Waals surface area contributed by atoms with Gasteiger partial charge < -0.3 is 19.7 Å². The van der Waals surface area contributed by atoms with Gasteiger partial charge in [-0.15, -0.1) is 0 Å². The fourth-order valence-corrected chi connectivity index (χ4v) is 4.33. The highest BCUT2D eigenvalue weighted by Crippen LogP contribution is 2.26. The van der Waals surface area contributed by atoms with Crippen molar-refractivity contribution in [2.45, 2.75) is 44.8 Å². The molecule has 2 amide bonds. The predicted octanol–water partition coefficient (Wildman–Crippen LogP) is 2.99. The Balaban J connectivity index is 1.30. The number of fused-ring (bicyclic) bond motifs is 1. The van der Waals surface area contributed by atoms with E-state index in [0.29, 0.717) is 37.5 Å². The zero-order valence-electron chi connectivity index (χ0n) is 19.9. The minimum Gasteiger partial charge on any atom is -0.497 e. The van der Waals surface area contributed by atoms with Crippen LogP contribution in [0.2, 0.25) is 0 Å². The molecular formula is C27H30N4O4. The molecule has 2 aliphatic rings. The van der Waals surface area contributed by atoms with Crippen LogP contribution in [0.25, 0.3) is 0 Å². The van der Waals surface area contributed by atoms with Crippen LogP contribution in [0.3, 0.4) is 0 Å². The first kappa shape index (κ1) is 23.0. The Labute approximate surface area is 204 Å². The fraction of sp³-hybridized carbons (Fsp3) is 0.370. The molecule has 182 valence electrons. The Morgan fingerprint density at radius 3 is 2.54 bits per heavy atom. The lowest BCUT2D eigenvalue weighted by molar-refractivity contribution is -0.134. The molecule has 1 aliphatic heterocycles. The third-order valence-corrected chi connectivity index (χ3v) is 6.49. The zero-order chi connectivity index (χ0) is 24.2. The average Bonchev–Trinajstić information content (AvgIpc) is 3.64. The molecule has 2 heterocycles. The number of aromatic nitrogens is 2. The van der Waals surface area contributed by atoms with Crippen molar-refractivity contribution in [1.82, 2.24) is 20.0 Å². The first-order valence-corrected chi connectivity index (χ1v) is 12.1. The number of carbonyl (C=O) groups is 2. The summed E-state index contributed by atoms with van der Waals surface area (Å²) in [6.45, 7) is 1.56. The fourth-order valence-electron chi connectivity index (χ4n) is 4.33. The number of nitrogens with one attached hydrogen (secondary N) is 1. The molecule has 5 rings (SSSR count). The summed E-state index contributed by atoms with van der Waals surface area (Å²) in [4.78, 5) is 27.6. The van der Waals surface area contributed by atoms with E-state index in [9.17, 15) is 9.59 Å². The van der Waals surface area contributed by atoms with Crippen molar-refractivity contribution in [3.63, 3.8) is 0 Å². The van der Waals surface area contributed by atoms with E-state index in [2.05, 4.69) is 5.32 Å². The van der Waals surface area contributed by atoms with Gasteiger partial charge in [-0.05, 0) is 49.1 Å². The van der Waals surface area contributed by atoms with E-state index in [4.69, 9.17) is 14.6 Å². The summed E-state index contributed by atoms with van der Waals surface area (Å²) >= 11 is 0. The predicted molar refractivity (Wildman–Crippen MR) is 130 cm³/mol. The topological polar surface area (TPSA) is 85.7 Å². The van der Waals surface area contributed by atoms with E-state index in [-0.39, 0.29) is 24.5 Å². The molecule has 3 aromatic rings. The second kappa shape index (κ2) is 10.2. The third kappa shape index (κ3) is 5.48. The maximum Gasteiger partial charge on any atom is 0.272 e. The maximum atomic E-state index is 13.0. The first-order valence-electron chi connectivity index (χ1n) is 12.1. The van der Waals surface area contributed by atoms with Gasteiger partial charge in [-0.2, -0.15) is 5.10 Å². The van der Waals surface area contributed by atoms with Crippen molar-refractivity contribution in [2.24, 2.45) is 0 Å². The Morgan fingerprint density at radius 2 is 1.83 bits per heavy atom. The summed E-state index contributed by atoms with van der Waals surface area (Å²) in [5.74, 6) is 1.24. The minimum absolute atomic E-state index is 0.0332. The van der Waals surface area contributed by atoms with Crippen molar-refractivity contribution in [3.8, 4) is 11.5 Å². The number of amides is 2. The molecule has 8 nitrogen and oxygen atoms in total. The van der Waals surface area contributed by atoms with Crippen molar-refractivity contribution in [2.75, 3.05) is 20.3 Å². The Kier molecular flexibility index (Phi) is 6.70. The largest absolute Gasteiger partial charge is 0.497 e. The van der Waals surface area contributed by atoms with Crippen molar-refractivity contribution in [3.05, 3.63) is 77.1 Å². The number of para-hydroxylation sites is 1. The number of rotatable bonds is 9. The Bertz CT molecular complexity index is 1190. The van der Waals surface area contributed by atoms with Gasteiger partial charge in [0.1, 0.15) is 11.5 Å². The molecule has 1 saturated carbocycles. The highest BCUT2D eigenvalue weighted by molar-refractivity contribution is 5.94. The zero-order valence-corrected chi connectivity index (χ0v) is 19.9. The summed E-state index contributed by atoms with van der Waals surface area (Å²) in [6, 6.07) is 17.5. The summed E-state index contributed by atoms with van der Waals surface area (Å²) < 4.78 is 12.8. The molecule has 8 heteroatoms. The maximum absolute atomic E-state index is 13.0. The molecule has 0 radical (unpaired) electrons. The molecule has 1 aliphatic carbocycles. The number of aryl methyl sites for hydroxylation is 2. The van der Waals surface area contributed by atoms with Gasteiger partial charge in [-0.3, -0.25) is 14.3 Å². The number of hydrogen-bond acceptors (Lipinski definition) is 5. The number of ether oxygens (including phenoxy) is 2. The van der Waals surface area contributed by atoms with Crippen molar-refractivity contribution in [1.29, 1.82) is 0 Å². The lowest BCUT2D eigenvalue weighted by Gasteiger charge is -2.28. The van der Waals surface area contributed by atoms with Crippen LogP contribution in [0.15, 0.2) is 54.6 Å². The normalized spacial score (nSPS) is 14.8. The Morgan fingerprint density at radius 1 is 1.06 bits per heavy atom. The number of methoxy groups -OCH3 is 1. The summed E-state index contributed by atoms with van der Waals surface area (Å²) in [5.41, 5.74) is 3.48. The van der Waals surface area contributed by atoms with E-state index in [1.165, 1.54) is 5.56 Å². The van der Waals surface area contributed by atoms with Crippen LogP contribution in [-0.4, -0.2) is 52.8 Å². The number of hydrogen-bond donors (Lipinski definition) is 1. The van der Waals surface area contributed by atoms with Gasteiger partial charge >= 0.3 is 0 Å². The van der Waals surface area contributed by atoms with Gasteiger partial charge in [0.05, 0.1) is 7.11 Å². The monoisotopic (exact) mass is 474 g/mol.